The van der Waals surface area contributed by atoms with Gasteiger partial charge in [-0.15, -0.1) is 5.01 Å². The molecule has 4 rings (SSSR count). The maximum atomic E-state index is 12.6. The number of nitrogens with one attached hydrogen (secondary N) is 1. The molecule has 2 heterocycles. The van der Waals surface area contributed by atoms with Crippen molar-refractivity contribution in [2.75, 3.05) is 0 Å². The lowest BCUT2D eigenvalue weighted by molar-refractivity contribution is -0.132. The number of nitrogens with zero attached hydrogens (tertiary/aromatic N) is 4. The van der Waals surface area contributed by atoms with E-state index in [4.69, 9.17) is 0 Å². The van der Waals surface area contributed by atoms with E-state index in [1.54, 1.807) is 17.1 Å². The molecule has 1 aromatic carbocycles. The van der Waals surface area contributed by atoms with Gasteiger partial charge in [0.15, 0.2) is 0 Å². The summed E-state index contributed by atoms with van der Waals surface area (Å²) in [5.74, 6) is -0.246. The molecule has 0 unspecified atom stereocenters. The number of para-hydroxylation sites is 1. The van der Waals surface area contributed by atoms with E-state index in [0.717, 1.165) is 30.0 Å². The predicted octanol–water partition coefficient (Wildman–Crippen LogP) is 2.46. The molecule has 128 valence electrons. The predicted molar refractivity (Wildman–Crippen MR) is 92.4 cm³/mol. The first kappa shape index (κ1) is 15.6. The SMILES string of the molecule is O=C1NC2(CCCCC2)C(=O)N1/N=C\c1cnn(-c2ccccc2)c1. The highest BCUT2D eigenvalue weighted by molar-refractivity contribution is 6.07. The van der Waals surface area contributed by atoms with E-state index >= 15 is 0 Å². The second kappa shape index (κ2) is 6.16. The number of hydrogen-bond donors (Lipinski definition) is 1. The van der Waals surface area contributed by atoms with E-state index in [0.29, 0.717) is 18.4 Å². The second-order valence-corrected chi connectivity index (χ2v) is 6.49. The summed E-state index contributed by atoms with van der Waals surface area (Å²) in [6.07, 6.45) is 9.32. The van der Waals surface area contributed by atoms with Crippen molar-refractivity contribution in [3.63, 3.8) is 0 Å². The zero-order valence-corrected chi connectivity index (χ0v) is 13.8. The van der Waals surface area contributed by atoms with Crippen molar-refractivity contribution in [3.05, 3.63) is 48.3 Å². The first-order valence-corrected chi connectivity index (χ1v) is 8.49. The van der Waals surface area contributed by atoms with Crippen molar-refractivity contribution < 1.29 is 9.59 Å². The Morgan fingerprint density at radius 3 is 2.64 bits per heavy atom. The van der Waals surface area contributed by atoms with Gasteiger partial charge in [-0.05, 0) is 25.0 Å². The average molecular weight is 337 g/mol. The average Bonchev–Trinajstić information content (AvgIpc) is 3.19. The van der Waals surface area contributed by atoms with Crippen molar-refractivity contribution in [3.8, 4) is 5.69 Å². The summed E-state index contributed by atoms with van der Waals surface area (Å²) in [5.41, 5.74) is 0.897. The van der Waals surface area contributed by atoms with Gasteiger partial charge in [-0.3, -0.25) is 4.79 Å². The lowest BCUT2D eigenvalue weighted by Gasteiger charge is -2.29. The number of hydrogen-bond acceptors (Lipinski definition) is 4. The third-order valence-electron chi connectivity index (χ3n) is 4.79. The van der Waals surface area contributed by atoms with Gasteiger partial charge < -0.3 is 5.32 Å². The summed E-state index contributed by atoms with van der Waals surface area (Å²) in [7, 11) is 0. The number of carbonyl (C=O) groups is 2. The number of imide groups is 1. The number of amides is 3. The molecule has 1 aliphatic heterocycles. The van der Waals surface area contributed by atoms with Crippen LogP contribution in [-0.4, -0.2) is 38.5 Å². The molecular formula is C18H19N5O2. The highest BCUT2D eigenvalue weighted by Crippen LogP contribution is 2.33. The molecule has 1 aliphatic carbocycles. The molecule has 0 radical (unpaired) electrons. The topological polar surface area (TPSA) is 79.6 Å². The normalized spacial score (nSPS) is 19.8. The molecule has 25 heavy (non-hydrogen) atoms. The summed E-state index contributed by atoms with van der Waals surface area (Å²) in [4.78, 5) is 24.8. The molecule has 1 N–H and O–H groups in total. The Hall–Kier alpha value is -2.96. The standard InChI is InChI=1S/C18H19N5O2/c24-16-18(9-5-2-6-10-18)21-17(25)23(16)20-12-14-11-19-22(13-14)15-7-3-1-4-8-15/h1,3-4,7-8,11-13H,2,5-6,9-10H2,(H,21,25)/b20-12-. The monoisotopic (exact) mass is 337 g/mol. The number of aromatic nitrogens is 2. The van der Waals surface area contributed by atoms with Gasteiger partial charge in [0.1, 0.15) is 5.54 Å². The Bertz CT molecular complexity index is 821. The van der Waals surface area contributed by atoms with Gasteiger partial charge in [-0.25, -0.2) is 9.48 Å². The largest absolute Gasteiger partial charge is 0.346 e. The molecule has 1 saturated carbocycles. The van der Waals surface area contributed by atoms with Gasteiger partial charge in [0.2, 0.25) is 0 Å². The molecule has 2 aliphatic rings. The molecule has 0 bridgehead atoms. The molecule has 2 aromatic rings. The van der Waals surface area contributed by atoms with Gasteiger partial charge in [0.05, 0.1) is 18.1 Å². The summed E-state index contributed by atoms with van der Waals surface area (Å²) in [6, 6.07) is 9.24. The van der Waals surface area contributed by atoms with Crippen LogP contribution in [0.15, 0.2) is 47.8 Å². The van der Waals surface area contributed by atoms with Crippen LogP contribution in [0, 0.1) is 0 Å². The Balaban J connectivity index is 1.51. The van der Waals surface area contributed by atoms with E-state index in [2.05, 4.69) is 15.5 Å². The van der Waals surface area contributed by atoms with Crippen LogP contribution in [0.5, 0.6) is 0 Å². The number of urea groups is 1. The van der Waals surface area contributed by atoms with Gasteiger partial charge in [-0.1, -0.05) is 37.5 Å². The van der Waals surface area contributed by atoms with E-state index in [1.807, 2.05) is 30.3 Å². The lowest BCUT2D eigenvalue weighted by Crippen LogP contribution is -2.48. The quantitative estimate of drug-likeness (QED) is 0.690. The van der Waals surface area contributed by atoms with Gasteiger partial charge >= 0.3 is 6.03 Å². The Labute approximate surface area is 145 Å². The summed E-state index contributed by atoms with van der Waals surface area (Å²) in [5, 5.41) is 12.2. The number of carbonyl (C=O) groups excluding carboxylic acids is 2. The van der Waals surface area contributed by atoms with Gasteiger partial charge in [-0.2, -0.15) is 10.2 Å². The van der Waals surface area contributed by atoms with Crippen molar-refractivity contribution in [1.82, 2.24) is 20.1 Å². The molecule has 1 spiro atoms. The van der Waals surface area contributed by atoms with Crippen molar-refractivity contribution in [2.24, 2.45) is 5.10 Å². The van der Waals surface area contributed by atoms with Crippen LogP contribution in [0.2, 0.25) is 0 Å². The highest BCUT2D eigenvalue weighted by Gasteiger charge is 2.51. The van der Waals surface area contributed by atoms with Crippen LogP contribution >= 0.6 is 0 Å². The fourth-order valence-electron chi connectivity index (χ4n) is 3.45. The molecule has 1 aromatic heterocycles. The molecule has 7 heteroatoms. The number of hydrazone groups is 1. The fourth-order valence-corrected chi connectivity index (χ4v) is 3.45. The van der Waals surface area contributed by atoms with Crippen molar-refractivity contribution >= 4 is 18.2 Å². The molecule has 1 saturated heterocycles. The van der Waals surface area contributed by atoms with Crippen LogP contribution in [0.3, 0.4) is 0 Å². The fraction of sp³-hybridized carbons (Fsp3) is 0.333. The Kier molecular flexibility index (Phi) is 3.83. The van der Waals surface area contributed by atoms with Gasteiger partial charge in [0, 0.05) is 11.8 Å². The zero-order valence-electron chi connectivity index (χ0n) is 13.8. The molecule has 7 nitrogen and oxygen atoms in total. The zero-order chi connectivity index (χ0) is 17.3. The van der Waals surface area contributed by atoms with Crippen molar-refractivity contribution in [1.29, 1.82) is 0 Å². The van der Waals surface area contributed by atoms with Crippen LogP contribution in [0.1, 0.15) is 37.7 Å². The summed E-state index contributed by atoms with van der Waals surface area (Å²) in [6.45, 7) is 0. The van der Waals surface area contributed by atoms with Crippen LogP contribution in [-0.2, 0) is 4.79 Å². The van der Waals surface area contributed by atoms with Crippen LogP contribution in [0.25, 0.3) is 5.69 Å². The van der Waals surface area contributed by atoms with E-state index < -0.39 is 11.6 Å². The summed E-state index contributed by atoms with van der Waals surface area (Å²) < 4.78 is 1.72. The Morgan fingerprint density at radius 2 is 1.88 bits per heavy atom. The van der Waals surface area contributed by atoms with Crippen molar-refractivity contribution in [2.45, 2.75) is 37.6 Å². The first-order chi connectivity index (χ1) is 12.2. The van der Waals surface area contributed by atoms with Crippen LogP contribution in [0.4, 0.5) is 4.79 Å². The Morgan fingerprint density at radius 1 is 1.12 bits per heavy atom. The molecule has 2 fully saturated rings. The lowest BCUT2D eigenvalue weighted by atomic mass is 9.82. The molecule has 0 atom stereocenters. The second-order valence-electron chi connectivity index (χ2n) is 6.49. The van der Waals surface area contributed by atoms with Crippen LogP contribution < -0.4 is 5.32 Å². The molecule has 3 amide bonds. The minimum atomic E-state index is -0.749. The summed E-state index contributed by atoms with van der Waals surface area (Å²) >= 11 is 0. The minimum absolute atomic E-state index is 0.246. The smallest absolute Gasteiger partial charge is 0.321 e. The van der Waals surface area contributed by atoms with E-state index in [1.165, 1.54) is 6.21 Å². The first-order valence-electron chi connectivity index (χ1n) is 8.49. The maximum Gasteiger partial charge on any atom is 0.346 e. The van der Waals surface area contributed by atoms with E-state index in [-0.39, 0.29) is 5.91 Å². The number of benzene rings is 1. The molecular weight excluding hydrogens is 318 g/mol. The van der Waals surface area contributed by atoms with Gasteiger partial charge in [0.25, 0.3) is 5.91 Å². The third kappa shape index (κ3) is 2.82. The maximum absolute atomic E-state index is 12.6. The van der Waals surface area contributed by atoms with E-state index in [9.17, 15) is 9.59 Å². The highest BCUT2D eigenvalue weighted by atomic mass is 16.2. The minimum Gasteiger partial charge on any atom is -0.321 e. The third-order valence-corrected chi connectivity index (χ3v) is 4.79. The number of rotatable bonds is 3.